The number of rotatable bonds is 7. The number of benzene rings is 2. The predicted molar refractivity (Wildman–Crippen MR) is 131 cm³/mol. The molecule has 0 saturated carbocycles. The number of H-pyrrole nitrogens is 1. The zero-order chi connectivity index (χ0) is 22.7. The van der Waals surface area contributed by atoms with Gasteiger partial charge in [0.1, 0.15) is 4.83 Å². The van der Waals surface area contributed by atoms with E-state index in [2.05, 4.69) is 15.3 Å². The van der Waals surface area contributed by atoms with Gasteiger partial charge < -0.3 is 10.3 Å². The van der Waals surface area contributed by atoms with Crippen LogP contribution in [0.3, 0.4) is 0 Å². The summed E-state index contributed by atoms with van der Waals surface area (Å²) < 4.78 is 0. The lowest BCUT2D eigenvalue weighted by atomic mass is 10.1. The molecule has 2 aromatic heterocycles. The number of thiophene rings is 1. The first-order chi connectivity index (χ1) is 15.5. The Kier molecular flexibility index (Phi) is 6.53. The van der Waals surface area contributed by atoms with Crippen molar-refractivity contribution >= 4 is 50.7 Å². The van der Waals surface area contributed by atoms with Gasteiger partial charge in [-0.25, -0.2) is 4.98 Å². The lowest BCUT2D eigenvalue weighted by Crippen LogP contribution is -2.25. The maximum absolute atomic E-state index is 12.8. The summed E-state index contributed by atoms with van der Waals surface area (Å²) in [6.45, 7) is 3.41. The highest BCUT2D eigenvalue weighted by molar-refractivity contribution is 8.00. The van der Waals surface area contributed by atoms with E-state index in [1.165, 1.54) is 30.0 Å². The smallest absolute Gasteiger partial charge is 0.260 e. The highest BCUT2D eigenvalue weighted by Gasteiger charge is 2.21. The van der Waals surface area contributed by atoms with E-state index in [-0.39, 0.29) is 17.2 Å². The van der Waals surface area contributed by atoms with Gasteiger partial charge in [0.25, 0.3) is 5.56 Å². The van der Waals surface area contributed by atoms with Crippen LogP contribution in [0.4, 0.5) is 5.69 Å². The molecule has 2 aromatic carbocycles. The first-order valence-electron chi connectivity index (χ1n) is 10.1. The number of aromatic nitrogens is 2. The number of fused-ring (bicyclic) bond motifs is 1. The van der Waals surface area contributed by atoms with Crippen LogP contribution >= 0.6 is 23.1 Å². The van der Waals surface area contributed by atoms with Crippen LogP contribution in [0.1, 0.15) is 30.6 Å². The molecule has 162 valence electrons. The molecule has 0 bridgehead atoms. The molecule has 0 saturated heterocycles. The van der Waals surface area contributed by atoms with Gasteiger partial charge in [-0.3, -0.25) is 14.4 Å². The number of carbonyl (C=O) groups excluding carboxylic acids is 2. The number of Topliss-reactive ketones (excluding diaryl/α,β-unsaturated/α-hetero) is 1. The topological polar surface area (TPSA) is 91.9 Å². The molecule has 8 heteroatoms. The number of thioether (sulfide) groups is 1. The number of nitrogens with one attached hydrogen (secondary N) is 2. The van der Waals surface area contributed by atoms with Gasteiger partial charge in [0, 0.05) is 22.2 Å². The Morgan fingerprint density at radius 1 is 1.12 bits per heavy atom. The summed E-state index contributed by atoms with van der Waals surface area (Å²) >= 11 is 2.65. The van der Waals surface area contributed by atoms with Crippen LogP contribution in [0.2, 0.25) is 0 Å². The molecule has 4 aromatic rings. The van der Waals surface area contributed by atoms with Crippen molar-refractivity contribution in [2.45, 2.75) is 30.7 Å². The van der Waals surface area contributed by atoms with Crippen molar-refractivity contribution in [1.29, 1.82) is 0 Å². The molecule has 0 fully saturated rings. The van der Waals surface area contributed by atoms with Crippen LogP contribution in [-0.4, -0.2) is 26.9 Å². The molecule has 0 aliphatic carbocycles. The zero-order valence-corrected chi connectivity index (χ0v) is 19.2. The Bertz CT molecular complexity index is 1330. The summed E-state index contributed by atoms with van der Waals surface area (Å²) in [4.78, 5) is 45.1. The number of ketones is 1. The normalized spacial score (nSPS) is 11.9. The fraction of sp³-hybridized carbons (Fsp3) is 0.167. The molecule has 0 aliphatic heterocycles. The minimum absolute atomic E-state index is 0.0284. The Morgan fingerprint density at radius 3 is 2.50 bits per heavy atom. The summed E-state index contributed by atoms with van der Waals surface area (Å²) in [5, 5.41) is 5.35. The number of aromatic amines is 1. The lowest BCUT2D eigenvalue weighted by Gasteiger charge is -2.14. The maximum Gasteiger partial charge on any atom is 0.260 e. The Labute approximate surface area is 193 Å². The third-order valence-corrected chi connectivity index (χ3v) is 7.10. The van der Waals surface area contributed by atoms with E-state index in [1.807, 2.05) is 42.6 Å². The van der Waals surface area contributed by atoms with E-state index in [0.29, 0.717) is 33.0 Å². The van der Waals surface area contributed by atoms with Gasteiger partial charge in [0.15, 0.2) is 10.9 Å². The van der Waals surface area contributed by atoms with Gasteiger partial charge in [0.05, 0.1) is 10.6 Å². The van der Waals surface area contributed by atoms with E-state index in [0.717, 1.165) is 11.1 Å². The highest BCUT2D eigenvalue weighted by Crippen LogP contribution is 2.32. The SMILES string of the molecule is CCC(Sc1nc2scc(-c3ccccc3)c2c(=O)[nH]1)C(=O)Nc1ccc(C(C)=O)cc1. The molecule has 1 atom stereocenters. The van der Waals surface area contributed by atoms with Crippen LogP contribution in [0.15, 0.2) is 69.9 Å². The van der Waals surface area contributed by atoms with Crippen LogP contribution < -0.4 is 10.9 Å². The Morgan fingerprint density at radius 2 is 1.84 bits per heavy atom. The largest absolute Gasteiger partial charge is 0.325 e. The molecule has 2 heterocycles. The van der Waals surface area contributed by atoms with Crippen molar-refractivity contribution in [2.75, 3.05) is 5.32 Å². The lowest BCUT2D eigenvalue weighted by molar-refractivity contribution is -0.115. The predicted octanol–water partition coefficient (Wildman–Crippen LogP) is 5.36. The fourth-order valence-corrected chi connectivity index (χ4v) is 5.19. The van der Waals surface area contributed by atoms with Gasteiger partial charge in [-0.05, 0) is 43.2 Å². The first kappa shape index (κ1) is 22.0. The number of nitrogens with zero attached hydrogens (tertiary/aromatic N) is 1. The van der Waals surface area contributed by atoms with E-state index in [1.54, 1.807) is 24.3 Å². The second kappa shape index (κ2) is 9.50. The van der Waals surface area contributed by atoms with Crippen molar-refractivity contribution < 1.29 is 9.59 Å². The van der Waals surface area contributed by atoms with Crippen molar-refractivity contribution in [3.8, 4) is 11.1 Å². The average molecular weight is 464 g/mol. The summed E-state index contributed by atoms with van der Waals surface area (Å²) in [5.74, 6) is -0.216. The summed E-state index contributed by atoms with van der Waals surface area (Å²) in [6, 6.07) is 16.5. The molecular weight excluding hydrogens is 442 g/mol. The number of anilines is 1. The number of carbonyl (C=O) groups is 2. The summed E-state index contributed by atoms with van der Waals surface area (Å²) in [5.41, 5.74) is 2.81. The van der Waals surface area contributed by atoms with Gasteiger partial charge >= 0.3 is 0 Å². The first-order valence-corrected chi connectivity index (χ1v) is 11.9. The molecule has 0 aliphatic rings. The third kappa shape index (κ3) is 4.66. The van der Waals surface area contributed by atoms with Crippen molar-refractivity contribution in [3.05, 3.63) is 75.9 Å². The summed E-state index contributed by atoms with van der Waals surface area (Å²) in [7, 11) is 0. The standard InChI is InChI=1S/C24H21N3O3S2/c1-3-19(21(29)25-17-11-9-15(10-12-17)14(2)28)32-24-26-22(30)20-18(13-31-23(20)27-24)16-7-5-4-6-8-16/h4-13,19H,3H2,1-2H3,(H,25,29)(H,26,27,30). The second-order valence-electron chi connectivity index (χ2n) is 7.20. The molecular formula is C24H21N3O3S2. The minimum atomic E-state index is -0.434. The van der Waals surface area contributed by atoms with Gasteiger partial charge in [-0.2, -0.15) is 0 Å². The summed E-state index contributed by atoms with van der Waals surface area (Å²) in [6.07, 6.45) is 0.559. The average Bonchev–Trinajstić information content (AvgIpc) is 3.23. The van der Waals surface area contributed by atoms with E-state index < -0.39 is 5.25 Å². The van der Waals surface area contributed by atoms with Crippen LogP contribution in [0.5, 0.6) is 0 Å². The molecule has 32 heavy (non-hydrogen) atoms. The number of hydrogen-bond acceptors (Lipinski definition) is 6. The van der Waals surface area contributed by atoms with Gasteiger partial charge in [-0.15, -0.1) is 11.3 Å². The molecule has 6 nitrogen and oxygen atoms in total. The molecule has 2 N–H and O–H groups in total. The van der Waals surface area contributed by atoms with Crippen molar-refractivity contribution in [2.24, 2.45) is 0 Å². The third-order valence-electron chi connectivity index (χ3n) is 4.98. The van der Waals surface area contributed by atoms with Crippen LogP contribution in [-0.2, 0) is 4.79 Å². The molecule has 4 rings (SSSR count). The molecule has 0 radical (unpaired) electrons. The number of hydrogen-bond donors (Lipinski definition) is 2. The Hall–Kier alpha value is -3.23. The van der Waals surface area contributed by atoms with E-state index in [4.69, 9.17) is 0 Å². The zero-order valence-electron chi connectivity index (χ0n) is 17.5. The van der Waals surface area contributed by atoms with E-state index >= 15 is 0 Å². The number of amides is 1. The highest BCUT2D eigenvalue weighted by atomic mass is 32.2. The minimum Gasteiger partial charge on any atom is -0.325 e. The maximum atomic E-state index is 12.8. The van der Waals surface area contributed by atoms with Gasteiger partial charge in [0.2, 0.25) is 5.91 Å². The van der Waals surface area contributed by atoms with Crippen molar-refractivity contribution in [3.63, 3.8) is 0 Å². The Balaban J connectivity index is 1.54. The van der Waals surface area contributed by atoms with Gasteiger partial charge in [-0.1, -0.05) is 49.0 Å². The second-order valence-corrected chi connectivity index (χ2v) is 9.25. The molecule has 1 amide bonds. The van der Waals surface area contributed by atoms with Crippen LogP contribution in [0, 0.1) is 0 Å². The molecule has 1 unspecified atom stereocenters. The fourth-order valence-electron chi connectivity index (χ4n) is 3.28. The quantitative estimate of drug-likeness (QED) is 0.219. The van der Waals surface area contributed by atoms with Crippen molar-refractivity contribution in [1.82, 2.24) is 9.97 Å². The van der Waals surface area contributed by atoms with E-state index in [9.17, 15) is 14.4 Å². The van der Waals surface area contributed by atoms with Crippen LogP contribution in [0.25, 0.3) is 21.3 Å². The molecule has 0 spiro atoms. The monoisotopic (exact) mass is 463 g/mol.